The Labute approximate surface area is 220 Å². The maximum Gasteiger partial charge on any atom is 0.253 e. The highest BCUT2D eigenvalue weighted by atomic mass is 16.2. The van der Waals surface area contributed by atoms with Crippen molar-refractivity contribution >= 4 is 28.3 Å². The SMILES string of the molecule is Nc1ccc(N2CCN(C(=O)c3ccc4n[nH]c(C#Cc5ccccc5-c5ccccc5)c4c3)CC2)cn1. The van der Waals surface area contributed by atoms with Crippen molar-refractivity contribution in [3.8, 4) is 23.0 Å². The summed E-state index contributed by atoms with van der Waals surface area (Å²) in [4.78, 5) is 21.6. The molecule has 0 radical (unpaired) electrons. The first-order valence-corrected chi connectivity index (χ1v) is 12.6. The number of piperazine rings is 1. The highest BCUT2D eigenvalue weighted by molar-refractivity contribution is 5.99. The van der Waals surface area contributed by atoms with Crippen molar-refractivity contribution in [1.29, 1.82) is 0 Å². The number of hydrogen-bond acceptors (Lipinski definition) is 5. The summed E-state index contributed by atoms with van der Waals surface area (Å²) >= 11 is 0. The molecule has 1 aliphatic rings. The Hall–Kier alpha value is -5.09. The Morgan fingerprint density at radius 3 is 2.45 bits per heavy atom. The minimum absolute atomic E-state index is 0.0107. The van der Waals surface area contributed by atoms with Crippen LogP contribution in [0.4, 0.5) is 11.5 Å². The van der Waals surface area contributed by atoms with Crippen molar-refractivity contribution in [3.05, 3.63) is 108 Å². The maximum absolute atomic E-state index is 13.4. The fourth-order valence-corrected chi connectivity index (χ4v) is 4.76. The molecule has 38 heavy (non-hydrogen) atoms. The van der Waals surface area contributed by atoms with Crippen molar-refractivity contribution in [2.75, 3.05) is 36.8 Å². The Bertz CT molecular complexity index is 1660. The highest BCUT2D eigenvalue weighted by Gasteiger charge is 2.23. The zero-order valence-electron chi connectivity index (χ0n) is 20.8. The first kappa shape index (κ1) is 23.3. The molecular weight excluding hydrogens is 472 g/mol. The number of hydrogen-bond donors (Lipinski definition) is 2. The summed E-state index contributed by atoms with van der Waals surface area (Å²) in [7, 11) is 0. The van der Waals surface area contributed by atoms with E-state index in [1.807, 2.05) is 65.6 Å². The molecule has 0 bridgehead atoms. The fourth-order valence-electron chi connectivity index (χ4n) is 4.76. The monoisotopic (exact) mass is 498 g/mol. The number of nitrogens with one attached hydrogen (secondary N) is 1. The molecule has 0 saturated carbocycles. The number of nitrogen functional groups attached to an aromatic ring is 1. The smallest absolute Gasteiger partial charge is 0.253 e. The number of aromatic amines is 1. The first-order chi connectivity index (χ1) is 18.7. The van der Waals surface area contributed by atoms with Gasteiger partial charge < -0.3 is 15.5 Å². The lowest BCUT2D eigenvalue weighted by Gasteiger charge is -2.36. The van der Waals surface area contributed by atoms with E-state index < -0.39 is 0 Å². The van der Waals surface area contributed by atoms with Crippen LogP contribution in [0.3, 0.4) is 0 Å². The molecule has 3 aromatic carbocycles. The number of carbonyl (C=O) groups is 1. The lowest BCUT2D eigenvalue weighted by molar-refractivity contribution is 0.0747. The largest absolute Gasteiger partial charge is 0.384 e. The van der Waals surface area contributed by atoms with E-state index in [1.54, 1.807) is 12.3 Å². The van der Waals surface area contributed by atoms with Crippen LogP contribution >= 0.6 is 0 Å². The molecular formula is C31H26N6O. The van der Waals surface area contributed by atoms with E-state index in [0.29, 0.717) is 30.2 Å². The minimum Gasteiger partial charge on any atom is -0.384 e. The van der Waals surface area contributed by atoms with E-state index >= 15 is 0 Å². The van der Waals surface area contributed by atoms with Crippen LogP contribution in [-0.4, -0.2) is 52.2 Å². The van der Waals surface area contributed by atoms with Crippen LogP contribution in [0.25, 0.3) is 22.0 Å². The third-order valence-corrected chi connectivity index (χ3v) is 6.84. The van der Waals surface area contributed by atoms with Gasteiger partial charge in [0.05, 0.1) is 17.4 Å². The van der Waals surface area contributed by atoms with Gasteiger partial charge in [0.25, 0.3) is 5.91 Å². The van der Waals surface area contributed by atoms with Gasteiger partial charge in [0, 0.05) is 42.7 Å². The van der Waals surface area contributed by atoms with Crippen LogP contribution in [0, 0.1) is 11.8 Å². The van der Waals surface area contributed by atoms with Crippen molar-refractivity contribution in [2.45, 2.75) is 0 Å². The molecule has 186 valence electrons. The molecule has 3 N–H and O–H groups in total. The quantitative estimate of drug-likeness (QED) is 0.356. The van der Waals surface area contributed by atoms with Gasteiger partial charge in [-0.1, -0.05) is 54.5 Å². The third kappa shape index (κ3) is 4.67. The molecule has 0 unspecified atom stereocenters. The Morgan fingerprint density at radius 1 is 0.868 bits per heavy atom. The van der Waals surface area contributed by atoms with Crippen LogP contribution in [0.5, 0.6) is 0 Å². The maximum atomic E-state index is 13.4. The normalized spacial score (nSPS) is 13.3. The van der Waals surface area contributed by atoms with Gasteiger partial charge in [-0.05, 0) is 53.4 Å². The van der Waals surface area contributed by atoms with E-state index in [1.165, 1.54) is 0 Å². The molecule has 5 aromatic rings. The van der Waals surface area contributed by atoms with Crippen molar-refractivity contribution in [1.82, 2.24) is 20.1 Å². The van der Waals surface area contributed by atoms with Crippen LogP contribution in [0.2, 0.25) is 0 Å². The number of carbonyl (C=O) groups excluding carboxylic acids is 1. The van der Waals surface area contributed by atoms with Crippen LogP contribution in [-0.2, 0) is 0 Å². The number of H-pyrrole nitrogens is 1. The summed E-state index contributed by atoms with van der Waals surface area (Å²) in [5.74, 6) is 7.07. The number of fused-ring (bicyclic) bond motifs is 1. The average Bonchev–Trinajstić information content (AvgIpc) is 3.39. The number of rotatable bonds is 3. The van der Waals surface area contributed by atoms with E-state index in [-0.39, 0.29) is 5.91 Å². The van der Waals surface area contributed by atoms with E-state index in [9.17, 15) is 4.79 Å². The number of aromatic nitrogens is 3. The molecule has 3 heterocycles. The van der Waals surface area contributed by atoms with Gasteiger partial charge >= 0.3 is 0 Å². The average molecular weight is 499 g/mol. The molecule has 2 aromatic heterocycles. The number of nitrogens with zero attached hydrogens (tertiary/aromatic N) is 4. The summed E-state index contributed by atoms with van der Waals surface area (Å²) in [6.45, 7) is 2.75. The summed E-state index contributed by atoms with van der Waals surface area (Å²) in [5, 5.41) is 8.29. The van der Waals surface area contributed by atoms with Crippen molar-refractivity contribution in [2.24, 2.45) is 0 Å². The van der Waals surface area contributed by atoms with E-state index in [4.69, 9.17) is 5.73 Å². The van der Waals surface area contributed by atoms with Gasteiger partial charge in [0.2, 0.25) is 0 Å². The highest BCUT2D eigenvalue weighted by Crippen LogP contribution is 2.24. The van der Waals surface area contributed by atoms with Gasteiger partial charge in [-0.2, -0.15) is 5.10 Å². The Morgan fingerprint density at radius 2 is 1.66 bits per heavy atom. The zero-order chi connectivity index (χ0) is 25.9. The second-order valence-corrected chi connectivity index (χ2v) is 9.21. The standard InChI is InChI=1S/C31H26N6O/c32-30-15-12-25(21-33-30)36-16-18-37(19-17-36)31(38)24-11-14-29-27(20-24)28(34-35-29)13-10-23-8-4-5-9-26(23)22-6-2-1-3-7-22/h1-9,11-12,14-15,20-21H,16-19H2,(H2,32,33)(H,34,35). The molecule has 1 saturated heterocycles. The van der Waals surface area contributed by atoms with Gasteiger partial charge in [0.1, 0.15) is 11.5 Å². The summed E-state index contributed by atoms with van der Waals surface area (Å²) in [6, 6.07) is 27.7. The van der Waals surface area contributed by atoms with E-state index in [0.717, 1.165) is 46.4 Å². The summed E-state index contributed by atoms with van der Waals surface area (Å²) in [6.07, 6.45) is 1.78. The van der Waals surface area contributed by atoms with Gasteiger partial charge in [-0.25, -0.2) is 4.98 Å². The van der Waals surface area contributed by atoms with Gasteiger partial charge in [-0.15, -0.1) is 0 Å². The van der Waals surface area contributed by atoms with Gasteiger partial charge in [0.15, 0.2) is 0 Å². The molecule has 1 aliphatic heterocycles. The molecule has 7 nitrogen and oxygen atoms in total. The molecule has 0 atom stereocenters. The van der Waals surface area contributed by atoms with Crippen LogP contribution in [0.1, 0.15) is 21.6 Å². The lowest BCUT2D eigenvalue weighted by Crippen LogP contribution is -2.48. The lowest BCUT2D eigenvalue weighted by atomic mass is 10.00. The second kappa shape index (κ2) is 10.1. The summed E-state index contributed by atoms with van der Waals surface area (Å²) in [5.41, 5.74) is 12.0. The Kier molecular flexibility index (Phi) is 6.20. The van der Waals surface area contributed by atoms with Crippen molar-refractivity contribution in [3.63, 3.8) is 0 Å². The number of nitrogens with two attached hydrogens (primary N) is 1. The Balaban J connectivity index is 1.22. The predicted octanol–water partition coefficient (Wildman–Crippen LogP) is 4.57. The summed E-state index contributed by atoms with van der Waals surface area (Å²) < 4.78 is 0. The van der Waals surface area contributed by atoms with Crippen LogP contribution in [0.15, 0.2) is 91.1 Å². The zero-order valence-corrected chi connectivity index (χ0v) is 20.8. The first-order valence-electron chi connectivity index (χ1n) is 12.6. The van der Waals surface area contributed by atoms with Crippen molar-refractivity contribution < 1.29 is 4.79 Å². The van der Waals surface area contributed by atoms with Gasteiger partial charge in [-0.3, -0.25) is 9.89 Å². The molecule has 0 aliphatic carbocycles. The number of amides is 1. The second-order valence-electron chi connectivity index (χ2n) is 9.21. The van der Waals surface area contributed by atoms with Crippen LogP contribution < -0.4 is 10.6 Å². The number of pyridine rings is 1. The number of anilines is 2. The fraction of sp³-hybridized carbons (Fsp3) is 0.129. The minimum atomic E-state index is 0.0107. The number of benzene rings is 3. The molecule has 0 spiro atoms. The topological polar surface area (TPSA) is 91.1 Å². The predicted molar refractivity (Wildman–Crippen MR) is 151 cm³/mol. The van der Waals surface area contributed by atoms with E-state index in [2.05, 4.69) is 50.1 Å². The molecule has 1 fully saturated rings. The molecule has 1 amide bonds. The molecule has 6 rings (SSSR count). The third-order valence-electron chi connectivity index (χ3n) is 6.84. The molecule has 7 heteroatoms.